The molecule has 25 heavy (non-hydrogen) atoms. The summed E-state index contributed by atoms with van der Waals surface area (Å²) >= 11 is 5.94. The molecule has 0 radical (unpaired) electrons. The van der Waals surface area contributed by atoms with Crippen LogP contribution >= 0.6 is 11.6 Å². The molecule has 0 aliphatic carbocycles. The summed E-state index contributed by atoms with van der Waals surface area (Å²) < 4.78 is 3.03. The van der Waals surface area contributed by atoms with Gasteiger partial charge in [-0.3, -0.25) is 14.0 Å². The fraction of sp³-hybridized carbons (Fsp3) is 0.105. The van der Waals surface area contributed by atoms with Gasteiger partial charge in [0.05, 0.1) is 6.54 Å². The largest absolute Gasteiger partial charge is 0.286 e. The zero-order valence-electron chi connectivity index (χ0n) is 13.6. The van der Waals surface area contributed by atoms with Crippen LogP contribution in [0.4, 0.5) is 0 Å². The predicted molar refractivity (Wildman–Crippen MR) is 98.8 cm³/mol. The Bertz CT molecular complexity index is 1100. The van der Waals surface area contributed by atoms with Crippen molar-refractivity contribution in [1.29, 1.82) is 0 Å². The highest BCUT2D eigenvalue weighted by Crippen LogP contribution is 2.19. The summed E-state index contributed by atoms with van der Waals surface area (Å²) in [6.45, 7) is 0.562. The molecule has 0 unspecified atom stereocenters. The van der Waals surface area contributed by atoms with E-state index in [1.165, 1.54) is 10.1 Å². The van der Waals surface area contributed by atoms with Crippen molar-refractivity contribution < 1.29 is 0 Å². The standard InChI is InChI=1S/C19H15ClN4O/c1-23-18(25)16-12-24(22-17(16)21-19(23)20)11-13-7-9-15(10-8-13)14-5-3-2-4-6-14/h2-10,12H,11H2,1H3. The Morgan fingerprint density at radius 2 is 1.68 bits per heavy atom. The highest BCUT2D eigenvalue weighted by molar-refractivity contribution is 6.28. The van der Waals surface area contributed by atoms with Crippen molar-refractivity contribution in [2.75, 3.05) is 0 Å². The molecule has 0 saturated carbocycles. The third kappa shape index (κ3) is 2.94. The fourth-order valence-corrected chi connectivity index (χ4v) is 2.93. The van der Waals surface area contributed by atoms with Crippen molar-refractivity contribution in [3.05, 3.63) is 82.0 Å². The highest BCUT2D eigenvalue weighted by Gasteiger charge is 2.11. The Hall–Kier alpha value is -2.92. The van der Waals surface area contributed by atoms with Crippen LogP contribution < -0.4 is 5.56 Å². The van der Waals surface area contributed by atoms with E-state index in [9.17, 15) is 4.79 Å². The van der Waals surface area contributed by atoms with Crippen molar-refractivity contribution in [2.45, 2.75) is 6.54 Å². The van der Waals surface area contributed by atoms with Gasteiger partial charge in [-0.2, -0.15) is 10.1 Å². The smallest absolute Gasteiger partial charge is 0.265 e. The van der Waals surface area contributed by atoms with Crippen molar-refractivity contribution in [2.24, 2.45) is 7.05 Å². The summed E-state index contributed by atoms with van der Waals surface area (Å²) in [4.78, 5) is 16.4. The quantitative estimate of drug-likeness (QED) is 0.531. The van der Waals surface area contributed by atoms with Crippen molar-refractivity contribution in [1.82, 2.24) is 19.3 Å². The van der Waals surface area contributed by atoms with Gasteiger partial charge in [-0.25, -0.2) is 0 Å². The van der Waals surface area contributed by atoms with Crippen LogP contribution in [0.2, 0.25) is 5.28 Å². The van der Waals surface area contributed by atoms with Crippen LogP contribution in [-0.2, 0) is 13.6 Å². The SMILES string of the molecule is Cn1c(Cl)nc2nn(Cc3ccc(-c4ccccc4)cc3)cc2c1=O. The maximum absolute atomic E-state index is 12.2. The molecule has 0 atom stereocenters. The number of rotatable bonds is 3. The zero-order chi connectivity index (χ0) is 17.4. The second-order valence-electron chi connectivity index (χ2n) is 5.87. The van der Waals surface area contributed by atoms with Crippen molar-refractivity contribution in [3.8, 4) is 11.1 Å². The van der Waals surface area contributed by atoms with Gasteiger partial charge in [-0.05, 0) is 28.3 Å². The second-order valence-corrected chi connectivity index (χ2v) is 6.21. The van der Waals surface area contributed by atoms with E-state index in [1.807, 2.05) is 18.2 Å². The van der Waals surface area contributed by atoms with Gasteiger partial charge in [-0.1, -0.05) is 54.6 Å². The maximum Gasteiger partial charge on any atom is 0.265 e. The van der Waals surface area contributed by atoms with E-state index in [0.717, 1.165) is 11.1 Å². The Balaban J connectivity index is 1.63. The molecule has 4 aromatic rings. The lowest BCUT2D eigenvalue weighted by Crippen LogP contribution is -2.17. The van der Waals surface area contributed by atoms with Crippen LogP contribution in [0.5, 0.6) is 0 Å². The summed E-state index contributed by atoms with van der Waals surface area (Å²) in [6.07, 6.45) is 1.71. The molecule has 0 fully saturated rings. The van der Waals surface area contributed by atoms with Gasteiger partial charge < -0.3 is 0 Å². The number of nitrogens with zero attached hydrogens (tertiary/aromatic N) is 4. The van der Waals surface area contributed by atoms with E-state index < -0.39 is 0 Å². The molecule has 2 aromatic heterocycles. The normalized spacial score (nSPS) is 11.1. The Kier molecular flexibility index (Phi) is 3.86. The highest BCUT2D eigenvalue weighted by atomic mass is 35.5. The molecule has 0 saturated heterocycles. The Morgan fingerprint density at radius 1 is 1.00 bits per heavy atom. The first-order chi connectivity index (χ1) is 12.1. The number of benzene rings is 2. The first-order valence-electron chi connectivity index (χ1n) is 7.86. The van der Waals surface area contributed by atoms with Crippen molar-refractivity contribution in [3.63, 3.8) is 0 Å². The number of halogens is 1. The van der Waals surface area contributed by atoms with Gasteiger partial charge in [0.1, 0.15) is 5.39 Å². The molecular formula is C19H15ClN4O. The monoisotopic (exact) mass is 350 g/mol. The first kappa shape index (κ1) is 15.6. The average molecular weight is 351 g/mol. The molecule has 4 rings (SSSR count). The predicted octanol–water partition coefficient (Wildman–Crippen LogP) is 3.50. The maximum atomic E-state index is 12.2. The molecule has 0 spiro atoms. The van der Waals surface area contributed by atoms with E-state index >= 15 is 0 Å². The lowest BCUT2D eigenvalue weighted by Gasteiger charge is -2.04. The molecule has 0 aliphatic rings. The third-order valence-electron chi connectivity index (χ3n) is 4.16. The summed E-state index contributed by atoms with van der Waals surface area (Å²) in [5.41, 5.74) is 3.61. The number of hydrogen-bond acceptors (Lipinski definition) is 3. The summed E-state index contributed by atoms with van der Waals surface area (Å²) in [5, 5.41) is 4.96. The molecule has 0 bridgehead atoms. The molecule has 0 N–H and O–H groups in total. The molecule has 0 aliphatic heterocycles. The Labute approximate surface area is 149 Å². The third-order valence-corrected chi connectivity index (χ3v) is 4.50. The molecule has 0 amide bonds. The zero-order valence-corrected chi connectivity index (χ0v) is 14.3. The van der Waals surface area contributed by atoms with Crippen LogP contribution in [-0.4, -0.2) is 19.3 Å². The lowest BCUT2D eigenvalue weighted by atomic mass is 10.0. The Morgan fingerprint density at radius 3 is 2.40 bits per heavy atom. The summed E-state index contributed by atoms with van der Waals surface area (Å²) in [5.74, 6) is 0. The molecule has 6 heteroatoms. The van der Waals surface area contributed by atoms with E-state index in [-0.39, 0.29) is 10.8 Å². The summed E-state index contributed by atoms with van der Waals surface area (Å²) in [7, 11) is 1.59. The topological polar surface area (TPSA) is 52.7 Å². The van der Waals surface area contributed by atoms with Crippen LogP contribution in [0.15, 0.2) is 65.6 Å². The van der Waals surface area contributed by atoms with Gasteiger partial charge in [0, 0.05) is 13.2 Å². The number of hydrogen-bond donors (Lipinski definition) is 0. The lowest BCUT2D eigenvalue weighted by molar-refractivity contribution is 0.693. The van der Waals surface area contributed by atoms with Gasteiger partial charge in [0.2, 0.25) is 5.28 Å². The van der Waals surface area contributed by atoms with Gasteiger partial charge in [0.15, 0.2) is 5.65 Å². The van der Waals surface area contributed by atoms with Crippen LogP contribution in [0.25, 0.3) is 22.2 Å². The van der Waals surface area contributed by atoms with E-state index in [1.54, 1.807) is 17.9 Å². The van der Waals surface area contributed by atoms with E-state index in [4.69, 9.17) is 11.6 Å². The minimum Gasteiger partial charge on any atom is -0.286 e. The average Bonchev–Trinajstić information content (AvgIpc) is 3.03. The van der Waals surface area contributed by atoms with E-state index in [0.29, 0.717) is 17.6 Å². The molecule has 2 aromatic carbocycles. The van der Waals surface area contributed by atoms with Crippen LogP contribution in [0.1, 0.15) is 5.56 Å². The molecule has 124 valence electrons. The number of aromatic nitrogens is 4. The summed E-state index contributed by atoms with van der Waals surface area (Å²) in [6, 6.07) is 18.5. The van der Waals surface area contributed by atoms with Crippen LogP contribution in [0.3, 0.4) is 0 Å². The second kappa shape index (κ2) is 6.18. The first-order valence-corrected chi connectivity index (χ1v) is 8.24. The van der Waals surface area contributed by atoms with Crippen LogP contribution in [0, 0.1) is 0 Å². The fourth-order valence-electron chi connectivity index (χ4n) is 2.77. The van der Waals surface area contributed by atoms with Gasteiger partial charge in [0.25, 0.3) is 5.56 Å². The van der Waals surface area contributed by atoms with Gasteiger partial charge >= 0.3 is 0 Å². The van der Waals surface area contributed by atoms with Crippen molar-refractivity contribution >= 4 is 22.6 Å². The molecule has 2 heterocycles. The molecular weight excluding hydrogens is 336 g/mol. The molecule has 5 nitrogen and oxygen atoms in total. The number of fused-ring (bicyclic) bond motifs is 1. The minimum atomic E-state index is -0.194. The minimum absolute atomic E-state index is 0.134. The van der Waals surface area contributed by atoms with E-state index in [2.05, 4.69) is 46.5 Å². The van der Waals surface area contributed by atoms with Gasteiger partial charge in [-0.15, -0.1) is 0 Å².